The first-order chi connectivity index (χ1) is 13.9. The average Bonchev–Trinajstić information content (AvgIpc) is 3.16. The molecule has 0 unspecified atom stereocenters. The summed E-state index contributed by atoms with van der Waals surface area (Å²) >= 11 is 0. The molecular weight excluding hydrogens is 368 g/mol. The number of likely N-dealkylation sites (tertiary alicyclic amines) is 1. The average molecular weight is 392 g/mol. The number of ketones is 1. The molecule has 150 valence electrons. The molecular formula is C23H24N2O4. The van der Waals surface area contributed by atoms with Gasteiger partial charge in [-0.1, -0.05) is 12.2 Å². The first-order valence-electron chi connectivity index (χ1n) is 9.79. The second-order valence-corrected chi connectivity index (χ2v) is 7.66. The van der Waals surface area contributed by atoms with E-state index < -0.39 is 0 Å². The minimum Gasteiger partial charge on any atom is -0.497 e. The van der Waals surface area contributed by atoms with Gasteiger partial charge in [0.1, 0.15) is 5.75 Å². The first-order valence-corrected chi connectivity index (χ1v) is 9.79. The van der Waals surface area contributed by atoms with Gasteiger partial charge in [0.05, 0.1) is 25.5 Å². The summed E-state index contributed by atoms with van der Waals surface area (Å²) in [5, 5.41) is 0. The van der Waals surface area contributed by atoms with Crippen LogP contribution in [-0.4, -0.2) is 40.7 Å². The number of hydrogen-bond donors (Lipinski definition) is 0. The molecule has 2 amide bonds. The van der Waals surface area contributed by atoms with Gasteiger partial charge < -0.3 is 9.30 Å². The van der Waals surface area contributed by atoms with Crippen molar-refractivity contribution in [2.45, 2.75) is 26.7 Å². The van der Waals surface area contributed by atoms with Crippen molar-refractivity contribution < 1.29 is 19.1 Å². The Morgan fingerprint density at radius 2 is 1.62 bits per heavy atom. The van der Waals surface area contributed by atoms with Gasteiger partial charge in [-0.25, -0.2) is 0 Å². The topological polar surface area (TPSA) is 68.6 Å². The number of benzene rings is 1. The monoisotopic (exact) mass is 392 g/mol. The van der Waals surface area contributed by atoms with Gasteiger partial charge in [0, 0.05) is 22.6 Å². The third-order valence-electron chi connectivity index (χ3n) is 5.96. The molecule has 2 aliphatic rings. The summed E-state index contributed by atoms with van der Waals surface area (Å²) in [7, 11) is 1.62. The van der Waals surface area contributed by atoms with E-state index in [0.29, 0.717) is 18.4 Å². The second-order valence-electron chi connectivity index (χ2n) is 7.66. The lowest BCUT2D eigenvalue weighted by Crippen LogP contribution is -2.36. The van der Waals surface area contributed by atoms with Crippen LogP contribution in [0.2, 0.25) is 0 Å². The predicted octanol–water partition coefficient (Wildman–Crippen LogP) is 3.24. The quantitative estimate of drug-likeness (QED) is 0.445. The molecule has 0 spiro atoms. The van der Waals surface area contributed by atoms with Gasteiger partial charge in [-0.3, -0.25) is 19.3 Å². The summed E-state index contributed by atoms with van der Waals surface area (Å²) < 4.78 is 7.20. The number of imide groups is 1. The molecule has 29 heavy (non-hydrogen) atoms. The van der Waals surface area contributed by atoms with Crippen LogP contribution in [0.4, 0.5) is 0 Å². The molecule has 0 saturated carbocycles. The molecule has 6 nitrogen and oxygen atoms in total. The Kier molecular flexibility index (Phi) is 4.86. The predicted molar refractivity (Wildman–Crippen MR) is 108 cm³/mol. The van der Waals surface area contributed by atoms with Gasteiger partial charge in [-0.2, -0.15) is 0 Å². The van der Waals surface area contributed by atoms with Gasteiger partial charge in [0.25, 0.3) is 0 Å². The number of aromatic nitrogens is 1. The highest BCUT2D eigenvalue weighted by Gasteiger charge is 2.47. The van der Waals surface area contributed by atoms with Crippen molar-refractivity contribution in [3.05, 3.63) is 59.4 Å². The molecule has 0 bridgehead atoms. The Balaban J connectivity index is 1.58. The van der Waals surface area contributed by atoms with Gasteiger partial charge >= 0.3 is 0 Å². The first kappa shape index (κ1) is 19.2. The number of amides is 2. The zero-order valence-electron chi connectivity index (χ0n) is 16.8. The maximum atomic E-state index is 13.0. The summed E-state index contributed by atoms with van der Waals surface area (Å²) in [6, 6.07) is 9.41. The number of allylic oxidation sites excluding steroid dienone is 2. The van der Waals surface area contributed by atoms with Gasteiger partial charge in [-0.15, -0.1) is 0 Å². The van der Waals surface area contributed by atoms with Crippen molar-refractivity contribution in [3.63, 3.8) is 0 Å². The lowest BCUT2D eigenvalue weighted by Gasteiger charge is -2.14. The highest BCUT2D eigenvalue weighted by Crippen LogP contribution is 2.35. The lowest BCUT2D eigenvalue weighted by molar-refractivity contribution is -0.139. The molecule has 2 heterocycles. The molecule has 6 heteroatoms. The molecule has 1 aromatic heterocycles. The van der Waals surface area contributed by atoms with E-state index in [4.69, 9.17) is 4.74 Å². The summed E-state index contributed by atoms with van der Waals surface area (Å²) in [5.41, 5.74) is 3.15. The van der Waals surface area contributed by atoms with Crippen molar-refractivity contribution in [2.24, 2.45) is 11.8 Å². The Morgan fingerprint density at radius 3 is 2.17 bits per heavy atom. The number of Topliss-reactive ketones (excluding diaryl/α,β-unsaturated/α-hetero) is 1. The standard InChI is InChI=1S/C23H24N2O4/c1-14-12-20(15(2)25(14)16-8-10-17(29-3)11-9-16)21(26)13-24-22(27)18-6-4-5-7-19(18)23(24)28/h4-5,8-12,18-19H,6-7,13H2,1-3H3/t18-,19-/m1/s1. The molecule has 2 aromatic rings. The normalized spacial score (nSPS) is 20.9. The minimum absolute atomic E-state index is 0.197. The third-order valence-corrected chi connectivity index (χ3v) is 5.96. The number of rotatable bonds is 5. The number of methoxy groups -OCH3 is 1. The fourth-order valence-electron chi connectivity index (χ4n) is 4.43. The SMILES string of the molecule is COc1ccc(-n2c(C)cc(C(=O)CN3C(=O)[C@@H]4CC=CC[C@H]4C3=O)c2C)cc1. The van der Waals surface area contributed by atoms with E-state index in [1.54, 1.807) is 7.11 Å². The van der Waals surface area contributed by atoms with E-state index in [0.717, 1.165) is 27.7 Å². The van der Waals surface area contributed by atoms with E-state index in [1.807, 2.05) is 60.9 Å². The number of carbonyl (C=O) groups excluding carboxylic acids is 3. The van der Waals surface area contributed by atoms with Crippen LogP contribution in [0.5, 0.6) is 5.75 Å². The van der Waals surface area contributed by atoms with Crippen LogP contribution in [0.25, 0.3) is 5.69 Å². The van der Waals surface area contributed by atoms with Crippen molar-refractivity contribution in [2.75, 3.05) is 13.7 Å². The largest absolute Gasteiger partial charge is 0.497 e. The Hall–Kier alpha value is -3.15. The number of carbonyl (C=O) groups is 3. The maximum Gasteiger partial charge on any atom is 0.233 e. The van der Waals surface area contributed by atoms with Crippen molar-refractivity contribution in [1.82, 2.24) is 9.47 Å². The summed E-state index contributed by atoms with van der Waals surface area (Å²) in [4.78, 5) is 39.5. The van der Waals surface area contributed by atoms with E-state index in [-0.39, 0.29) is 36.0 Å². The molecule has 0 N–H and O–H groups in total. The minimum atomic E-state index is -0.313. The lowest BCUT2D eigenvalue weighted by atomic mass is 9.85. The summed E-state index contributed by atoms with van der Waals surface area (Å²) in [6.45, 7) is 3.61. The van der Waals surface area contributed by atoms with E-state index >= 15 is 0 Å². The fourth-order valence-corrected chi connectivity index (χ4v) is 4.43. The number of ether oxygens (including phenoxy) is 1. The Bertz CT molecular complexity index is 990. The molecule has 1 fully saturated rings. The van der Waals surface area contributed by atoms with Crippen LogP contribution in [0.15, 0.2) is 42.5 Å². The van der Waals surface area contributed by atoms with Crippen molar-refractivity contribution >= 4 is 17.6 Å². The zero-order chi connectivity index (χ0) is 20.7. The highest BCUT2D eigenvalue weighted by molar-refractivity contribution is 6.10. The Morgan fingerprint density at radius 1 is 1.03 bits per heavy atom. The molecule has 4 rings (SSSR count). The molecule has 0 radical (unpaired) electrons. The molecule has 1 aromatic carbocycles. The van der Waals surface area contributed by atoms with E-state index in [2.05, 4.69) is 0 Å². The van der Waals surface area contributed by atoms with E-state index in [1.165, 1.54) is 0 Å². The van der Waals surface area contributed by atoms with Gasteiger partial charge in [0.15, 0.2) is 5.78 Å². The van der Waals surface area contributed by atoms with Crippen LogP contribution in [0.3, 0.4) is 0 Å². The smallest absolute Gasteiger partial charge is 0.233 e. The second kappa shape index (κ2) is 7.35. The number of nitrogens with zero attached hydrogens (tertiary/aromatic N) is 2. The van der Waals surface area contributed by atoms with Gasteiger partial charge in [0.2, 0.25) is 11.8 Å². The number of aryl methyl sites for hydroxylation is 1. The number of hydrogen-bond acceptors (Lipinski definition) is 4. The third kappa shape index (κ3) is 3.18. The van der Waals surface area contributed by atoms with Crippen LogP contribution in [-0.2, 0) is 9.59 Å². The molecule has 2 atom stereocenters. The van der Waals surface area contributed by atoms with Crippen LogP contribution < -0.4 is 4.74 Å². The van der Waals surface area contributed by atoms with Crippen molar-refractivity contribution in [3.8, 4) is 11.4 Å². The van der Waals surface area contributed by atoms with Crippen LogP contribution in [0, 0.1) is 25.7 Å². The summed E-state index contributed by atoms with van der Waals surface area (Å²) in [6.07, 6.45) is 5.04. The fraction of sp³-hybridized carbons (Fsp3) is 0.348. The van der Waals surface area contributed by atoms with Gasteiger partial charge in [-0.05, 0) is 57.0 Å². The zero-order valence-corrected chi connectivity index (χ0v) is 16.8. The Labute approximate surface area is 169 Å². The van der Waals surface area contributed by atoms with Crippen molar-refractivity contribution in [1.29, 1.82) is 0 Å². The van der Waals surface area contributed by atoms with Crippen LogP contribution >= 0.6 is 0 Å². The summed E-state index contributed by atoms with van der Waals surface area (Å²) in [5.74, 6) is -0.525. The molecule has 1 aliphatic carbocycles. The molecule has 1 aliphatic heterocycles. The van der Waals surface area contributed by atoms with Crippen LogP contribution in [0.1, 0.15) is 34.6 Å². The maximum absolute atomic E-state index is 13.0. The molecule has 1 saturated heterocycles. The number of fused-ring (bicyclic) bond motifs is 1. The highest BCUT2D eigenvalue weighted by atomic mass is 16.5. The van der Waals surface area contributed by atoms with E-state index in [9.17, 15) is 14.4 Å².